The lowest BCUT2D eigenvalue weighted by atomic mass is 10.1. The highest BCUT2D eigenvalue weighted by atomic mass is 32.2. The number of nitrogens with zero attached hydrogens (tertiary/aromatic N) is 6. The molecule has 10 heteroatoms. The van der Waals surface area contributed by atoms with Crippen LogP contribution in [0.3, 0.4) is 0 Å². The molecule has 0 amide bonds. The maximum absolute atomic E-state index is 12.7. The second-order valence-electron chi connectivity index (χ2n) is 7.51. The minimum atomic E-state index is -0.442. The summed E-state index contributed by atoms with van der Waals surface area (Å²) in [6.07, 6.45) is 6.89. The quantitative estimate of drug-likeness (QED) is 0.482. The highest BCUT2D eigenvalue weighted by molar-refractivity contribution is 7.99. The van der Waals surface area contributed by atoms with Gasteiger partial charge in [-0.3, -0.25) is 14.3 Å². The predicted octanol–water partition coefficient (Wildman–Crippen LogP) is 1.63. The number of fused-ring (bicyclic) bond motifs is 1. The van der Waals surface area contributed by atoms with Crippen LogP contribution in [0, 0.1) is 5.92 Å². The Morgan fingerprint density at radius 1 is 1.17 bits per heavy atom. The molecule has 1 saturated heterocycles. The van der Waals surface area contributed by atoms with Gasteiger partial charge in [0.2, 0.25) is 5.95 Å². The second-order valence-corrected chi connectivity index (χ2v) is 8.50. The molecule has 0 spiro atoms. The maximum Gasteiger partial charge on any atom is 0.329 e. The van der Waals surface area contributed by atoms with E-state index in [4.69, 9.17) is 4.98 Å². The van der Waals surface area contributed by atoms with Crippen molar-refractivity contribution in [3.05, 3.63) is 39.3 Å². The fourth-order valence-electron chi connectivity index (χ4n) is 3.67. The molecule has 3 aromatic heterocycles. The number of hydrogen-bond donors (Lipinski definition) is 1. The molecule has 29 heavy (non-hydrogen) atoms. The van der Waals surface area contributed by atoms with Crippen LogP contribution < -0.4 is 16.1 Å². The first kappa shape index (κ1) is 19.7. The van der Waals surface area contributed by atoms with Gasteiger partial charge in [-0.15, -0.1) is 0 Å². The van der Waals surface area contributed by atoms with Crippen LogP contribution in [0.15, 0.2) is 33.2 Å². The first-order chi connectivity index (χ1) is 14.0. The van der Waals surface area contributed by atoms with Crippen LogP contribution in [-0.2, 0) is 13.6 Å². The molecule has 9 nitrogen and oxygen atoms in total. The molecule has 1 fully saturated rings. The van der Waals surface area contributed by atoms with Crippen LogP contribution in [0.2, 0.25) is 0 Å². The third-order valence-corrected chi connectivity index (χ3v) is 6.36. The van der Waals surface area contributed by atoms with Crippen LogP contribution in [0.4, 0.5) is 5.95 Å². The molecule has 0 saturated carbocycles. The molecule has 154 valence electrons. The number of imidazole rings is 1. The van der Waals surface area contributed by atoms with Crippen molar-refractivity contribution in [2.75, 3.05) is 23.7 Å². The van der Waals surface area contributed by atoms with E-state index in [0.29, 0.717) is 17.7 Å². The van der Waals surface area contributed by atoms with Gasteiger partial charge in [0.25, 0.3) is 5.56 Å². The van der Waals surface area contributed by atoms with Gasteiger partial charge in [0.1, 0.15) is 0 Å². The number of anilines is 1. The zero-order valence-corrected chi connectivity index (χ0v) is 17.5. The molecule has 4 rings (SSSR count). The van der Waals surface area contributed by atoms with Crippen LogP contribution >= 0.6 is 11.8 Å². The Labute approximate surface area is 172 Å². The first-order valence-electron chi connectivity index (χ1n) is 9.89. The molecule has 1 N–H and O–H groups in total. The summed E-state index contributed by atoms with van der Waals surface area (Å²) < 4.78 is 3.40. The Morgan fingerprint density at radius 2 is 1.90 bits per heavy atom. The van der Waals surface area contributed by atoms with Gasteiger partial charge in [0.05, 0.1) is 0 Å². The zero-order valence-electron chi connectivity index (χ0n) is 16.7. The summed E-state index contributed by atoms with van der Waals surface area (Å²) in [4.78, 5) is 42.6. The average Bonchev–Trinajstić information content (AvgIpc) is 3.12. The van der Waals surface area contributed by atoms with Crippen molar-refractivity contribution >= 4 is 28.9 Å². The van der Waals surface area contributed by atoms with Crippen molar-refractivity contribution in [3.63, 3.8) is 0 Å². The minimum Gasteiger partial charge on any atom is -0.342 e. The lowest BCUT2D eigenvalue weighted by Crippen LogP contribution is -2.33. The Hall–Kier alpha value is -2.62. The molecular weight excluding hydrogens is 390 g/mol. The summed E-state index contributed by atoms with van der Waals surface area (Å²) in [5.41, 5.74) is 0.0679. The van der Waals surface area contributed by atoms with Gasteiger partial charge >= 0.3 is 5.69 Å². The topological polar surface area (TPSA) is 102 Å². The van der Waals surface area contributed by atoms with E-state index in [1.165, 1.54) is 11.0 Å². The number of thioether (sulfide) groups is 1. The summed E-state index contributed by atoms with van der Waals surface area (Å²) >= 11 is 1.60. The summed E-state index contributed by atoms with van der Waals surface area (Å²) in [6.45, 7) is 4.59. The Balaban J connectivity index is 1.68. The number of hydrogen-bond acceptors (Lipinski definition) is 7. The van der Waals surface area contributed by atoms with Crippen LogP contribution in [0.25, 0.3) is 11.2 Å². The van der Waals surface area contributed by atoms with E-state index in [2.05, 4.69) is 26.8 Å². The van der Waals surface area contributed by atoms with E-state index in [1.54, 1.807) is 37.3 Å². The lowest BCUT2D eigenvalue weighted by Gasteiger charge is -2.28. The minimum absolute atomic E-state index is 0.251. The van der Waals surface area contributed by atoms with Crippen molar-refractivity contribution in [2.45, 2.75) is 37.9 Å². The predicted molar refractivity (Wildman–Crippen MR) is 114 cm³/mol. The van der Waals surface area contributed by atoms with Crippen molar-refractivity contribution in [1.29, 1.82) is 0 Å². The molecule has 0 bridgehead atoms. The fourth-order valence-corrected chi connectivity index (χ4v) is 4.48. The number of H-pyrrole nitrogens is 1. The van der Waals surface area contributed by atoms with Gasteiger partial charge < -0.3 is 9.47 Å². The number of rotatable bonds is 6. The molecule has 0 unspecified atom stereocenters. The van der Waals surface area contributed by atoms with Crippen LogP contribution in [-0.4, -0.2) is 47.9 Å². The van der Waals surface area contributed by atoms with Gasteiger partial charge in [-0.2, -0.15) is 4.98 Å². The number of aromatic amines is 1. The normalized spacial score (nSPS) is 15.7. The van der Waals surface area contributed by atoms with Crippen LogP contribution in [0.1, 0.15) is 26.2 Å². The summed E-state index contributed by atoms with van der Waals surface area (Å²) in [7, 11) is 1.64. The first-order valence-corrected chi connectivity index (χ1v) is 10.9. The standard InChI is InChI=1S/C19H25N7O2S/c1-13(12-29-17-20-7-6-8-21-17)11-26-14-15(24(2)19(28)23-16(14)27)22-18(26)25-9-4-3-5-10-25/h6-8,13H,3-5,9-12H2,1-2H3,(H,23,27,28)/t13-/m1/s1. The number of aryl methyl sites for hydroxylation is 1. The summed E-state index contributed by atoms with van der Waals surface area (Å²) in [6, 6.07) is 1.80. The Bertz CT molecular complexity index is 1100. The van der Waals surface area contributed by atoms with Gasteiger partial charge in [-0.05, 0) is 31.2 Å². The number of nitrogens with one attached hydrogen (secondary N) is 1. The van der Waals surface area contributed by atoms with Crippen molar-refractivity contribution in [3.8, 4) is 0 Å². The van der Waals surface area contributed by atoms with Crippen molar-refractivity contribution < 1.29 is 0 Å². The smallest absolute Gasteiger partial charge is 0.329 e. The Morgan fingerprint density at radius 3 is 2.62 bits per heavy atom. The number of piperidine rings is 1. The average molecular weight is 416 g/mol. The van der Waals surface area contributed by atoms with E-state index in [-0.39, 0.29) is 11.5 Å². The largest absolute Gasteiger partial charge is 0.342 e. The monoisotopic (exact) mass is 415 g/mol. The molecule has 1 aliphatic heterocycles. The fraction of sp³-hybridized carbons (Fsp3) is 0.526. The molecule has 4 heterocycles. The van der Waals surface area contributed by atoms with Gasteiger partial charge in [-0.1, -0.05) is 18.7 Å². The molecule has 0 aromatic carbocycles. The molecule has 3 aromatic rings. The molecular formula is C19H25N7O2S. The summed E-state index contributed by atoms with van der Waals surface area (Å²) in [5, 5.41) is 0.742. The van der Waals surface area contributed by atoms with E-state index in [9.17, 15) is 9.59 Å². The molecule has 1 atom stereocenters. The summed E-state index contributed by atoms with van der Waals surface area (Å²) in [5.74, 6) is 1.84. The second kappa shape index (κ2) is 8.40. The third-order valence-electron chi connectivity index (χ3n) is 5.16. The van der Waals surface area contributed by atoms with Crippen molar-refractivity contribution in [2.24, 2.45) is 13.0 Å². The number of aromatic nitrogens is 6. The van der Waals surface area contributed by atoms with E-state index < -0.39 is 5.69 Å². The van der Waals surface area contributed by atoms with E-state index >= 15 is 0 Å². The van der Waals surface area contributed by atoms with Gasteiger partial charge in [0.15, 0.2) is 16.3 Å². The molecule has 0 radical (unpaired) electrons. The SMILES string of the molecule is C[C@@H](CSc1ncccn1)Cn1c(N2CCCCC2)nc2c1c(=O)[nH]c(=O)n2C. The zero-order chi connectivity index (χ0) is 20.4. The highest BCUT2D eigenvalue weighted by Gasteiger charge is 2.23. The van der Waals surface area contributed by atoms with Gasteiger partial charge in [-0.25, -0.2) is 14.8 Å². The van der Waals surface area contributed by atoms with E-state index in [0.717, 1.165) is 42.8 Å². The molecule has 0 aliphatic carbocycles. The Kier molecular flexibility index (Phi) is 5.70. The third kappa shape index (κ3) is 4.07. The highest BCUT2D eigenvalue weighted by Crippen LogP contribution is 2.25. The molecule has 1 aliphatic rings. The van der Waals surface area contributed by atoms with Gasteiger partial charge in [0, 0.05) is 44.8 Å². The maximum atomic E-state index is 12.7. The van der Waals surface area contributed by atoms with Crippen LogP contribution in [0.5, 0.6) is 0 Å². The van der Waals surface area contributed by atoms with E-state index in [1.807, 2.05) is 4.57 Å². The van der Waals surface area contributed by atoms with Crippen molar-refractivity contribution in [1.82, 2.24) is 29.1 Å². The lowest BCUT2D eigenvalue weighted by molar-refractivity contribution is 0.514.